The number of nitrogens with zero attached hydrogens (tertiary/aromatic N) is 1. The van der Waals surface area contributed by atoms with Crippen LogP contribution in [0.4, 0.5) is 0 Å². The van der Waals surface area contributed by atoms with E-state index >= 15 is 0 Å². The van der Waals surface area contributed by atoms with Gasteiger partial charge >= 0.3 is 5.97 Å². The van der Waals surface area contributed by atoms with Gasteiger partial charge in [0.05, 0.1) is 0 Å². The van der Waals surface area contributed by atoms with E-state index in [1.165, 1.54) is 0 Å². The van der Waals surface area contributed by atoms with Crippen molar-refractivity contribution in [3.8, 4) is 0 Å². The van der Waals surface area contributed by atoms with E-state index in [1.807, 2.05) is 0 Å². The Bertz CT molecular complexity index is 512. The van der Waals surface area contributed by atoms with Crippen molar-refractivity contribution in [1.29, 1.82) is 0 Å². The monoisotopic (exact) mass is 331 g/mol. The van der Waals surface area contributed by atoms with Crippen molar-refractivity contribution >= 4 is 33.7 Å². The molecule has 0 saturated carbocycles. The van der Waals surface area contributed by atoms with Gasteiger partial charge in [-0.15, -0.1) is 0 Å². The average molecular weight is 332 g/mol. The third-order valence-electron chi connectivity index (χ3n) is 2.49. The maximum Gasteiger partial charge on any atom is 0.326 e. The largest absolute Gasteiger partial charge is 0.480 e. The summed E-state index contributed by atoms with van der Waals surface area (Å²) in [6.45, 7) is 0. The van der Waals surface area contributed by atoms with Crippen LogP contribution in [0.5, 0.6) is 0 Å². The summed E-state index contributed by atoms with van der Waals surface area (Å²) >= 11 is 3.22. The van der Waals surface area contributed by atoms with Gasteiger partial charge in [-0.25, -0.2) is 4.79 Å². The zero-order valence-electron chi connectivity index (χ0n) is 10.2. The van der Waals surface area contributed by atoms with Crippen molar-refractivity contribution in [3.05, 3.63) is 22.4 Å². The fraction of sp³-hybridized carbons (Fsp3) is 0.364. The van der Waals surface area contributed by atoms with Gasteiger partial charge in [-0.1, -0.05) is 0 Å². The summed E-state index contributed by atoms with van der Waals surface area (Å²) in [5, 5.41) is 11.3. The number of carbonyl (C=O) groups is 3. The first-order chi connectivity index (χ1) is 8.81. The van der Waals surface area contributed by atoms with Crippen LogP contribution in [-0.4, -0.2) is 33.5 Å². The van der Waals surface area contributed by atoms with E-state index in [4.69, 9.17) is 10.8 Å². The zero-order valence-corrected chi connectivity index (χ0v) is 11.8. The highest BCUT2D eigenvalue weighted by Gasteiger charge is 2.22. The number of nitrogens with one attached hydrogen (secondary N) is 1. The van der Waals surface area contributed by atoms with Gasteiger partial charge in [0.2, 0.25) is 5.91 Å². The second-order valence-electron chi connectivity index (χ2n) is 4.02. The van der Waals surface area contributed by atoms with Gasteiger partial charge in [0.15, 0.2) is 0 Å². The molecule has 0 bridgehead atoms. The Labute approximate surface area is 117 Å². The second-order valence-corrected chi connectivity index (χ2v) is 4.94. The van der Waals surface area contributed by atoms with Gasteiger partial charge in [0.25, 0.3) is 5.91 Å². The number of carbonyl (C=O) groups excluding carboxylic acids is 2. The Hall–Kier alpha value is -1.83. The van der Waals surface area contributed by atoms with Crippen molar-refractivity contribution in [2.45, 2.75) is 18.9 Å². The summed E-state index contributed by atoms with van der Waals surface area (Å²) in [6.07, 6.45) is 1.53. The van der Waals surface area contributed by atoms with Crippen LogP contribution in [0.3, 0.4) is 0 Å². The molecule has 1 rings (SSSR count). The van der Waals surface area contributed by atoms with Gasteiger partial charge in [0, 0.05) is 24.1 Å². The summed E-state index contributed by atoms with van der Waals surface area (Å²) in [5.41, 5.74) is 5.27. The maximum absolute atomic E-state index is 11.9. The van der Waals surface area contributed by atoms with Crippen molar-refractivity contribution in [3.63, 3.8) is 0 Å². The first-order valence-corrected chi connectivity index (χ1v) is 6.24. The first kappa shape index (κ1) is 15.2. The summed E-state index contributed by atoms with van der Waals surface area (Å²) in [5.74, 6) is -2.34. The molecule has 4 N–H and O–H groups in total. The number of aryl methyl sites for hydroxylation is 1. The topological polar surface area (TPSA) is 114 Å². The van der Waals surface area contributed by atoms with Crippen LogP contribution in [0.2, 0.25) is 0 Å². The Morgan fingerprint density at radius 1 is 1.53 bits per heavy atom. The minimum Gasteiger partial charge on any atom is -0.480 e. The molecule has 0 radical (unpaired) electrons. The van der Waals surface area contributed by atoms with E-state index < -0.39 is 23.8 Å². The van der Waals surface area contributed by atoms with Crippen LogP contribution in [0.15, 0.2) is 16.7 Å². The predicted octanol–water partition coefficient (Wildman–Crippen LogP) is 0.236. The molecule has 0 saturated heterocycles. The second kappa shape index (κ2) is 6.37. The number of rotatable bonds is 6. The van der Waals surface area contributed by atoms with E-state index in [1.54, 1.807) is 23.9 Å². The molecule has 7 nitrogen and oxygen atoms in total. The van der Waals surface area contributed by atoms with E-state index in [0.29, 0.717) is 10.2 Å². The molecule has 0 spiro atoms. The van der Waals surface area contributed by atoms with Crippen molar-refractivity contribution < 1.29 is 19.5 Å². The SMILES string of the molecule is Cn1cc(Br)cc1C(=O)NC(CCC(N)=O)C(=O)O. The van der Waals surface area contributed by atoms with Gasteiger partial charge in [-0.2, -0.15) is 0 Å². The standard InChI is InChI=1S/C11H14BrN3O4/c1-15-5-6(12)4-8(15)10(17)14-7(11(18)19)2-3-9(13)16/h4-5,7H,2-3H2,1H3,(H2,13,16)(H,14,17)(H,18,19). The highest BCUT2D eigenvalue weighted by molar-refractivity contribution is 9.10. The number of aromatic nitrogens is 1. The number of aliphatic carboxylic acids is 1. The fourth-order valence-electron chi connectivity index (χ4n) is 1.53. The highest BCUT2D eigenvalue weighted by atomic mass is 79.9. The normalized spacial score (nSPS) is 11.9. The molecule has 0 aliphatic rings. The number of hydrogen-bond donors (Lipinski definition) is 3. The van der Waals surface area contributed by atoms with Gasteiger partial charge < -0.3 is 20.7 Å². The highest BCUT2D eigenvalue weighted by Crippen LogP contribution is 2.13. The minimum absolute atomic E-state index is 0.0397. The summed E-state index contributed by atoms with van der Waals surface area (Å²) in [7, 11) is 1.67. The van der Waals surface area contributed by atoms with Crippen LogP contribution in [-0.2, 0) is 16.6 Å². The van der Waals surface area contributed by atoms with Crippen LogP contribution in [0, 0.1) is 0 Å². The number of halogens is 1. The molecule has 104 valence electrons. The summed E-state index contributed by atoms with van der Waals surface area (Å²) < 4.78 is 2.27. The first-order valence-electron chi connectivity index (χ1n) is 5.45. The quantitative estimate of drug-likeness (QED) is 0.692. The lowest BCUT2D eigenvalue weighted by molar-refractivity contribution is -0.139. The Morgan fingerprint density at radius 2 is 2.16 bits per heavy atom. The van der Waals surface area contributed by atoms with E-state index in [9.17, 15) is 14.4 Å². The molecule has 19 heavy (non-hydrogen) atoms. The number of hydrogen-bond acceptors (Lipinski definition) is 3. The Balaban J connectivity index is 2.74. The summed E-state index contributed by atoms with van der Waals surface area (Å²) in [6, 6.07) is 0.427. The number of nitrogens with two attached hydrogens (primary N) is 1. The van der Waals surface area contributed by atoms with Gasteiger partial charge in [0.1, 0.15) is 11.7 Å². The lowest BCUT2D eigenvalue weighted by Crippen LogP contribution is -2.41. The number of carboxylic acids is 1. The lowest BCUT2D eigenvalue weighted by atomic mass is 10.1. The minimum atomic E-state index is -1.21. The van der Waals surface area contributed by atoms with Crippen LogP contribution in [0.25, 0.3) is 0 Å². The Kier molecular flexibility index (Phi) is 5.11. The molecular formula is C11H14BrN3O4. The number of amides is 2. The molecule has 1 heterocycles. The smallest absolute Gasteiger partial charge is 0.326 e. The van der Waals surface area contributed by atoms with Crippen molar-refractivity contribution in [1.82, 2.24) is 9.88 Å². The van der Waals surface area contributed by atoms with Crippen LogP contribution in [0.1, 0.15) is 23.3 Å². The molecule has 8 heteroatoms. The molecule has 1 aromatic heterocycles. The van der Waals surface area contributed by atoms with E-state index in [0.717, 1.165) is 0 Å². The molecule has 0 aliphatic carbocycles. The third kappa shape index (κ3) is 4.40. The lowest BCUT2D eigenvalue weighted by Gasteiger charge is -2.13. The molecule has 1 unspecified atom stereocenters. The third-order valence-corrected chi connectivity index (χ3v) is 2.92. The van der Waals surface area contributed by atoms with E-state index in [2.05, 4.69) is 21.2 Å². The summed E-state index contributed by atoms with van der Waals surface area (Å²) in [4.78, 5) is 33.5. The van der Waals surface area contributed by atoms with Crippen LogP contribution >= 0.6 is 15.9 Å². The van der Waals surface area contributed by atoms with E-state index in [-0.39, 0.29) is 12.8 Å². The van der Waals surface area contributed by atoms with Gasteiger partial charge in [-0.3, -0.25) is 9.59 Å². The van der Waals surface area contributed by atoms with Crippen molar-refractivity contribution in [2.75, 3.05) is 0 Å². The number of primary amides is 1. The van der Waals surface area contributed by atoms with Crippen LogP contribution < -0.4 is 11.1 Å². The van der Waals surface area contributed by atoms with Crippen molar-refractivity contribution in [2.24, 2.45) is 12.8 Å². The number of carboxylic acid groups (broad SMARTS) is 1. The average Bonchev–Trinajstić information content (AvgIpc) is 2.62. The zero-order chi connectivity index (χ0) is 14.6. The molecule has 2 amide bonds. The predicted molar refractivity (Wildman–Crippen MR) is 70.4 cm³/mol. The molecule has 1 aromatic rings. The maximum atomic E-state index is 11.9. The molecule has 0 aromatic carbocycles. The van der Waals surface area contributed by atoms with Gasteiger partial charge in [-0.05, 0) is 28.4 Å². The fourth-order valence-corrected chi connectivity index (χ4v) is 2.05. The molecule has 0 aliphatic heterocycles. The molecule has 0 fully saturated rings. The molecule has 1 atom stereocenters. The molecular weight excluding hydrogens is 318 g/mol. The Morgan fingerprint density at radius 3 is 2.58 bits per heavy atom.